The number of ether oxygens (including phenoxy) is 2. The summed E-state index contributed by atoms with van der Waals surface area (Å²) in [7, 11) is 0. The zero-order chi connectivity index (χ0) is 21.5. The lowest BCUT2D eigenvalue weighted by molar-refractivity contribution is -0.124. The van der Waals surface area contributed by atoms with Gasteiger partial charge in [-0.1, -0.05) is 41.6 Å². The third-order valence-electron chi connectivity index (χ3n) is 4.65. The van der Waals surface area contributed by atoms with E-state index >= 15 is 0 Å². The monoisotopic (exact) mass is 408 g/mol. The summed E-state index contributed by atoms with van der Waals surface area (Å²) in [6, 6.07) is 16.0. The minimum absolute atomic E-state index is 0.182. The third-order valence-corrected chi connectivity index (χ3v) is 4.65. The molecule has 7 heteroatoms. The second-order valence-corrected chi connectivity index (χ2v) is 6.90. The average Bonchev–Trinajstić information content (AvgIpc) is 3.08. The maximum absolute atomic E-state index is 12.3. The van der Waals surface area contributed by atoms with Crippen molar-refractivity contribution < 1.29 is 23.6 Å². The first-order chi connectivity index (χ1) is 14.4. The zero-order valence-electron chi connectivity index (χ0n) is 17.2. The molecule has 0 fully saturated rings. The predicted octanol–water partition coefficient (Wildman–Crippen LogP) is 3.90. The van der Waals surface area contributed by atoms with Gasteiger partial charge in [0.2, 0.25) is 0 Å². The molecule has 0 aliphatic rings. The van der Waals surface area contributed by atoms with Crippen LogP contribution < -0.4 is 10.1 Å². The van der Waals surface area contributed by atoms with Gasteiger partial charge in [0, 0.05) is 0 Å². The molecule has 0 saturated carbocycles. The van der Waals surface area contributed by atoms with Crippen molar-refractivity contribution in [2.45, 2.75) is 33.4 Å². The maximum Gasteiger partial charge on any atom is 0.338 e. The van der Waals surface area contributed by atoms with E-state index in [-0.39, 0.29) is 25.2 Å². The maximum atomic E-state index is 12.3. The fourth-order valence-electron chi connectivity index (χ4n) is 2.90. The van der Waals surface area contributed by atoms with E-state index in [2.05, 4.69) is 10.5 Å². The molecule has 0 aliphatic carbocycles. The van der Waals surface area contributed by atoms with Crippen LogP contribution in [0.2, 0.25) is 0 Å². The Bertz CT molecular complexity index is 994. The molecule has 0 radical (unpaired) electrons. The van der Waals surface area contributed by atoms with Crippen LogP contribution in [0.1, 0.15) is 45.9 Å². The topological polar surface area (TPSA) is 90.7 Å². The predicted molar refractivity (Wildman–Crippen MR) is 110 cm³/mol. The van der Waals surface area contributed by atoms with E-state index in [1.165, 1.54) is 0 Å². The lowest BCUT2D eigenvalue weighted by Crippen LogP contribution is -2.31. The zero-order valence-corrected chi connectivity index (χ0v) is 17.2. The molecule has 3 aromatic rings. The Morgan fingerprint density at radius 2 is 1.87 bits per heavy atom. The summed E-state index contributed by atoms with van der Waals surface area (Å²) in [6.45, 7) is 5.44. The summed E-state index contributed by atoms with van der Waals surface area (Å²) >= 11 is 0. The molecule has 0 bridgehead atoms. The van der Waals surface area contributed by atoms with Gasteiger partial charge in [-0.25, -0.2) is 4.79 Å². The molecular weight excluding hydrogens is 384 g/mol. The fraction of sp³-hybridized carbons (Fsp3) is 0.261. The van der Waals surface area contributed by atoms with E-state index in [1.807, 2.05) is 51.1 Å². The Kier molecular flexibility index (Phi) is 6.85. The number of nitrogens with one attached hydrogen (secondary N) is 1. The van der Waals surface area contributed by atoms with Crippen LogP contribution in [0.15, 0.2) is 59.1 Å². The largest absolute Gasteiger partial charge is 0.489 e. The SMILES string of the molecule is Cc1noc(C)c1COc1cccc(C(=O)OCC(=O)N[C@H](C)c2ccccc2)c1. The van der Waals surface area contributed by atoms with Gasteiger partial charge in [0.15, 0.2) is 6.61 Å². The standard InChI is InChI=1S/C23H24N2O5/c1-15(18-8-5-4-6-9-18)24-22(26)14-29-23(27)19-10-7-11-20(12-19)28-13-21-16(2)25-30-17(21)3/h4-12,15H,13-14H2,1-3H3,(H,24,26)/t15-/m1/s1. The van der Waals surface area contributed by atoms with Gasteiger partial charge in [-0.2, -0.15) is 0 Å². The minimum atomic E-state index is -0.597. The number of nitrogens with zero attached hydrogens (tertiary/aromatic N) is 1. The van der Waals surface area contributed by atoms with Crippen molar-refractivity contribution in [3.63, 3.8) is 0 Å². The van der Waals surface area contributed by atoms with Gasteiger partial charge < -0.3 is 19.3 Å². The van der Waals surface area contributed by atoms with Crippen LogP contribution in [0.25, 0.3) is 0 Å². The highest BCUT2D eigenvalue weighted by molar-refractivity contribution is 5.91. The lowest BCUT2D eigenvalue weighted by Gasteiger charge is -2.14. The van der Waals surface area contributed by atoms with Crippen molar-refractivity contribution >= 4 is 11.9 Å². The van der Waals surface area contributed by atoms with Gasteiger partial charge in [-0.3, -0.25) is 4.79 Å². The quantitative estimate of drug-likeness (QED) is 0.569. The van der Waals surface area contributed by atoms with Crippen molar-refractivity contribution in [1.82, 2.24) is 10.5 Å². The number of amides is 1. The molecule has 0 unspecified atom stereocenters. The first kappa shape index (κ1) is 21.1. The number of hydrogen-bond donors (Lipinski definition) is 1. The van der Waals surface area contributed by atoms with Crippen LogP contribution in [0.3, 0.4) is 0 Å². The number of esters is 1. The van der Waals surface area contributed by atoms with Crippen LogP contribution in [0.5, 0.6) is 5.75 Å². The van der Waals surface area contributed by atoms with Crippen LogP contribution in [-0.2, 0) is 16.1 Å². The molecular formula is C23H24N2O5. The molecule has 0 aliphatic heterocycles. The number of rotatable bonds is 8. The Hall–Kier alpha value is -3.61. The third kappa shape index (κ3) is 5.47. The lowest BCUT2D eigenvalue weighted by atomic mass is 10.1. The second-order valence-electron chi connectivity index (χ2n) is 6.90. The van der Waals surface area contributed by atoms with Crippen molar-refractivity contribution in [1.29, 1.82) is 0 Å². The summed E-state index contributed by atoms with van der Waals surface area (Å²) < 4.78 is 16.0. The molecule has 1 atom stereocenters. The van der Waals surface area contributed by atoms with Crippen LogP contribution in [0, 0.1) is 13.8 Å². The summed E-state index contributed by atoms with van der Waals surface area (Å²) in [6.07, 6.45) is 0. The van der Waals surface area contributed by atoms with Crippen molar-refractivity contribution in [3.05, 3.63) is 82.7 Å². The van der Waals surface area contributed by atoms with Gasteiger partial charge in [0.05, 0.1) is 22.9 Å². The van der Waals surface area contributed by atoms with Gasteiger partial charge in [0.1, 0.15) is 18.1 Å². The Morgan fingerprint density at radius 1 is 1.10 bits per heavy atom. The first-order valence-corrected chi connectivity index (χ1v) is 9.60. The molecule has 30 heavy (non-hydrogen) atoms. The van der Waals surface area contributed by atoms with E-state index in [9.17, 15) is 9.59 Å². The number of hydrogen-bond acceptors (Lipinski definition) is 6. The molecule has 0 spiro atoms. The minimum Gasteiger partial charge on any atom is -0.489 e. The van der Waals surface area contributed by atoms with E-state index in [0.717, 1.165) is 16.8 Å². The van der Waals surface area contributed by atoms with E-state index < -0.39 is 5.97 Å². The molecule has 1 amide bonds. The van der Waals surface area contributed by atoms with Gasteiger partial charge in [-0.15, -0.1) is 0 Å². The number of aromatic nitrogens is 1. The van der Waals surface area contributed by atoms with E-state index in [4.69, 9.17) is 14.0 Å². The molecule has 3 rings (SSSR count). The van der Waals surface area contributed by atoms with Gasteiger partial charge >= 0.3 is 5.97 Å². The number of carbonyl (C=O) groups is 2. The normalized spacial score (nSPS) is 11.6. The van der Waals surface area contributed by atoms with Crippen LogP contribution in [0.4, 0.5) is 0 Å². The smallest absolute Gasteiger partial charge is 0.338 e. The molecule has 156 valence electrons. The summed E-state index contributed by atoms with van der Waals surface area (Å²) in [5, 5.41) is 6.69. The van der Waals surface area contributed by atoms with Gasteiger partial charge in [-0.05, 0) is 44.5 Å². The number of aryl methyl sites for hydroxylation is 2. The Balaban J connectivity index is 1.51. The first-order valence-electron chi connectivity index (χ1n) is 9.60. The summed E-state index contributed by atoms with van der Waals surface area (Å²) in [5.74, 6) is 0.233. The van der Waals surface area contributed by atoms with E-state index in [1.54, 1.807) is 24.3 Å². The van der Waals surface area contributed by atoms with Gasteiger partial charge in [0.25, 0.3) is 5.91 Å². The summed E-state index contributed by atoms with van der Waals surface area (Å²) in [5.41, 5.74) is 2.90. The second kappa shape index (κ2) is 9.73. The molecule has 0 saturated heterocycles. The number of benzene rings is 2. The highest BCUT2D eigenvalue weighted by Crippen LogP contribution is 2.19. The van der Waals surface area contributed by atoms with Crippen LogP contribution in [-0.4, -0.2) is 23.6 Å². The molecule has 2 aromatic carbocycles. The molecule has 7 nitrogen and oxygen atoms in total. The van der Waals surface area contributed by atoms with Crippen molar-refractivity contribution in [3.8, 4) is 5.75 Å². The molecule has 1 aromatic heterocycles. The Labute approximate surface area is 175 Å². The average molecular weight is 408 g/mol. The highest BCUT2D eigenvalue weighted by Gasteiger charge is 2.14. The molecule has 1 heterocycles. The van der Waals surface area contributed by atoms with Crippen molar-refractivity contribution in [2.24, 2.45) is 0 Å². The summed E-state index contributed by atoms with van der Waals surface area (Å²) in [4.78, 5) is 24.4. The number of carbonyl (C=O) groups excluding carboxylic acids is 2. The van der Waals surface area contributed by atoms with Crippen LogP contribution >= 0.6 is 0 Å². The fourth-order valence-corrected chi connectivity index (χ4v) is 2.90. The van der Waals surface area contributed by atoms with E-state index in [0.29, 0.717) is 17.1 Å². The Morgan fingerprint density at radius 3 is 2.57 bits per heavy atom. The van der Waals surface area contributed by atoms with Crippen molar-refractivity contribution in [2.75, 3.05) is 6.61 Å². The molecule has 1 N–H and O–H groups in total. The highest BCUT2D eigenvalue weighted by atomic mass is 16.5.